The highest BCUT2D eigenvalue weighted by Gasteiger charge is 2.20. The third-order valence-corrected chi connectivity index (χ3v) is 7.73. The predicted octanol–water partition coefficient (Wildman–Crippen LogP) is 4.96. The number of carbonyl (C=O) groups is 1. The molecule has 8 heteroatoms. The van der Waals surface area contributed by atoms with Crippen molar-refractivity contribution in [1.82, 2.24) is 14.5 Å². The molecular weight excluding hydrogens is 528 g/mol. The molecule has 1 heterocycles. The molecule has 0 spiro atoms. The molecule has 208 valence electrons. The molecule has 41 heavy (non-hydrogen) atoms. The zero-order valence-corrected chi connectivity index (χ0v) is 23.7. The second kappa shape index (κ2) is 12.8. The number of amidine groups is 1. The van der Waals surface area contributed by atoms with Crippen LogP contribution in [-0.4, -0.2) is 44.1 Å². The van der Waals surface area contributed by atoms with Crippen LogP contribution in [-0.2, 0) is 25.9 Å². The van der Waals surface area contributed by atoms with Crippen LogP contribution in [0.5, 0.6) is 0 Å². The predicted molar refractivity (Wildman–Crippen MR) is 169 cm³/mol. The number of aromatic nitrogens is 2. The Morgan fingerprint density at radius 3 is 2.46 bits per heavy atom. The molecule has 3 aromatic carbocycles. The van der Waals surface area contributed by atoms with E-state index in [4.69, 9.17) is 34.1 Å². The summed E-state index contributed by atoms with van der Waals surface area (Å²) in [4.78, 5) is 21.3. The standard InChI is InChI=1S/C33H34N6OS/c34-18-19-38(21-24-6-2-1-3-7-24)33(40)26-15-16-29-28(20-26)37-31(39(29)22-27-8-4-5-9-30(27)41)17-12-23-10-13-25(14-11-23)32(35)36/h1-8,10-11,13-16,20H,9,12,17-19,21-22,34H2,(H3,35,36). The van der Waals surface area contributed by atoms with Gasteiger partial charge in [0.2, 0.25) is 0 Å². The lowest BCUT2D eigenvalue weighted by atomic mass is 10.0. The van der Waals surface area contributed by atoms with Crippen LogP contribution in [0, 0.1) is 5.41 Å². The topological polar surface area (TPSA) is 114 Å². The van der Waals surface area contributed by atoms with E-state index in [0.717, 1.165) is 51.3 Å². The number of amides is 1. The quantitative estimate of drug-likeness (QED) is 0.136. The van der Waals surface area contributed by atoms with E-state index in [2.05, 4.69) is 22.8 Å². The molecule has 0 saturated carbocycles. The van der Waals surface area contributed by atoms with Gasteiger partial charge in [-0.15, -0.1) is 0 Å². The Balaban J connectivity index is 1.45. The van der Waals surface area contributed by atoms with E-state index in [9.17, 15) is 4.79 Å². The van der Waals surface area contributed by atoms with Gasteiger partial charge in [-0.3, -0.25) is 10.2 Å². The number of thiocarbonyl (C=S) groups is 1. The van der Waals surface area contributed by atoms with Crippen LogP contribution in [0.2, 0.25) is 0 Å². The van der Waals surface area contributed by atoms with Gasteiger partial charge in [0, 0.05) is 48.5 Å². The smallest absolute Gasteiger partial charge is 0.254 e. The number of rotatable bonds is 11. The number of benzene rings is 3. The van der Waals surface area contributed by atoms with Gasteiger partial charge in [-0.05, 0) is 41.3 Å². The summed E-state index contributed by atoms with van der Waals surface area (Å²) in [5, 5.41) is 7.63. The molecule has 0 saturated heterocycles. The van der Waals surface area contributed by atoms with E-state index in [1.165, 1.54) is 0 Å². The Morgan fingerprint density at radius 1 is 1.00 bits per heavy atom. The van der Waals surface area contributed by atoms with E-state index >= 15 is 0 Å². The molecule has 1 aromatic heterocycles. The minimum absolute atomic E-state index is 0.0586. The van der Waals surface area contributed by atoms with Crippen LogP contribution >= 0.6 is 12.2 Å². The first kappa shape index (κ1) is 28.1. The maximum absolute atomic E-state index is 13.6. The van der Waals surface area contributed by atoms with Crippen molar-refractivity contribution >= 4 is 39.9 Å². The van der Waals surface area contributed by atoms with Crippen molar-refractivity contribution in [2.24, 2.45) is 11.5 Å². The number of carbonyl (C=O) groups excluding carboxylic acids is 1. The van der Waals surface area contributed by atoms with Gasteiger partial charge in [0.25, 0.3) is 5.91 Å². The molecule has 0 aliphatic heterocycles. The Bertz CT molecular complexity index is 1640. The molecule has 1 aliphatic carbocycles. The van der Waals surface area contributed by atoms with E-state index in [-0.39, 0.29) is 11.7 Å². The molecule has 0 bridgehead atoms. The second-order valence-corrected chi connectivity index (χ2v) is 10.7. The Kier molecular flexibility index (Phi) is 8.82. The minimum Gasteiger partial charge on any atom is -0.384 e. The number of fused-ring (bicyclic) bond motifs is 1. The van der Waals surface area contributed by atoms with Gasteiger partial charge in [-0.2, -0.15) is 0 Å². The average molecular weight is 563 g/mol. The highest BCUT2D eigenvalue weighted by Crippen LogP contribution is 2.24. The largest absolute Gasteiger partial charge is 0.384 e. The normalized spacial score (nSPS) is 12.9. The lowest BCUT2D eigenvalue weighted by Gasteiger charge is -2.22. The Hall–Kier alpha value is -4.40. The average Bonchev–Trinajstić information content (AvgIpc) is 3.33. The van der Waals surface area contributed by atoms with Gasteiger partial charge in [0.15, 0.2) is 0 Å². The first-order chi connectivity index (χ1) is 19.9. The molecule has 1 amide bonds. The summed E-state index contributed by atoms with van der Waals surface area (Å²) in [6, 6.07) is 23.5. The van der Waals surface area contributed by atoms with Crippen molar-refractivity contribution in [2.75, 3.05) is 13.1 Å². The summed E-state index contributed by atoms with van der Waals surface area (Å²) in [5.41, 5.74) is 17.8. The Labute approximate surface area is 245 Å². The van der Waals surface area contributed by atoms with Gasteiger partial charge in [0.1, 0.15) is 11.7 Å². The van der Waals surface area contributed by atoms with Crippen LogP contribution in [0.15, 0.2) is 96.6 Å². The monoisotopic (exact) mass is 562 g/mol. The Morgan fingerprint density at radius 2 is 1.76 bits per heavy atom. The van der Waals surface area contributed by atoms with Gasteiger partial charge in [-0.25, -0.2) is 4.98 Å². The van der Waals surface area contributed by atoms with Crippen molar-refractivity contribution in [1.29, 1.82) is 5.41 Å². The number of imidazole rings is 1. The fraction of sp³-hybridized carbons (Fsp3) is 0.212. The van der Waals surface area contributed by atoms with Crippen molar-refractivity contribution in [3.05, 3.63) is 125 Å². The van der Waals surface area contributed by atoms with Gasteiger partial charge in [0.05, 0.1) is 17.6 Å². The number of hydrogen-bond donors (Lipinski definition) is 3. The molecule has 0 fully saturated rings. The van der Waals surface area contributed by atoms with Gasteiger partial charge < -0.3 is 20.9 Å². The number of allylic oxidation sites excluding steroid dienone is 4. The fourth-order valence-electron chi connectivity index (χ4n) is 5.08. The van der Waals surface area contributed by atoms with Crippen LogP contribution in [0.4, 0.5) is 0 Å². The summed E-state index contributed by atoms with van der Waals surface area (Å²) in [6.45, 7) is 1.97. The molecule has 1 aliphatic rings. The summed E-state index contributed by atoms with van der Waals surface area (Å²) in [7, 11) is 0. The SMILES string of the molecule is N=C(N)c1ccc(CCc2nc3cc(C(=O)N(CCN)Cc4ccccc4)ccc3n2CC2=CC=CCC2=S)cc1. The zero-order valence-electron chi connectivity index (χ0n) is 22.9. The van der Waals surface area contributed by atoms with Crippen molar-refractivity contribution < 1.29 is 4.79 Å². The molecule has 5 rings (SSSR count). The third kappa shape index (κ3) is 6.67. The number of nitrogens with two attached hydrogens (primary N) is 2. The van der Waals surface area contributed by atoms with Crippen molar-refractivity contribution in [3.63, 3.8) is 0 Å². The highest BCUT2D eigenvalue weighted by molar-refractivity contribution is 7.80. The molecular formula is C33H34N6OS. The number of hydrogen-bond acceptors (Lipinski definition) is 5. The molecule has 0 atom stereocenters. The van der Waals surface area contributed by atoms with E-state index in [0.29, 0.717) is 43.7 Å². The fourth-order valence-corrected chi connectivity index (χ4v) is 5.31. The van der Waals surface area contributed by atoms with Crippen LogP contribution in [0.1, 0.15) is 39.3 Å². The molecule has 5 N–H and O–H groups in total. The third-order valence-electron chi connectivity index (χ3n) is 7.30. The summed E-state index contributed by atoms with van der Waals surface area (Å²) in [6.07, 6.45) is 8.45. The molecule has 0 unspecified atom stereocenters. The maximum atomic E-state index is 13.6. The van der Waals surface area contributed by atoms with Crippen LogP contribution < -0.4 is 11.5 Å². The number of aryl methyl sites for hydroxylation is 2. The highest BCUT2D eigenvalue weighted by atomic mass is 32.1. The van der Waals surface area contributed by atoms with Gasteiger partial charge >= 0.3 is 0 Å². The maximum Gasteiger partial charge on any atom is 0.254 e. The van der Waals surface area contributed by atoms with Crippen molar-refractivity contribution in [2.45, 2.75) is 32.4 Å². The summed E-state index contributed by atoms with van der Waals surface area (Å²) < 4.78 is 2.21. The number of nitrogens with one attached hydrogen (secondary N) is 1. The van der Waals surface area contributed by atoms with E-state index in [1.807, 2.05) is 72.8 Å². The first-order valence-electron chi connectivity index (χ1n) is 13.8. The molecule has 4 aromatic rings. The van der Waals surface area contributed by atoms with Gasteiger partial charge in [-0.1, -0.05) is 85.0 Å². The summed E-state index contributed by atoms with van der Waals surface area (Å²) >= 11 is 5.66. The summed E-state index contributed by atoms with van der Waals surface area (Å²) in [5.74, 6) is 0.925. The van der Waals surface area contributed by atoms with E-state index in [1.54, 1.807) is 4.90 Å². The van der Waals surface area contributed by atoms with Crippen LogP contribution in [0.3, 0.4) is 0 Å². The minimum atomic E-state index is -0.0656. The number of nitrogen functional groups attached to an aromatic ring is 1. The molecule has 7 nitrogen and oxygen atoms in total. The second-order valence-electron chi connectivity index (χ2n) is 10.2. The van der Waals surface area contributed by atoms with E-state index < -0.39 is 0 Å². The first-order valence-corrected chi connectivity index (χ1v) is 14.2. The lowest BCUT2D eigenvalue weighted by Crippen LogP contribution is -2.34. The lowest BCUT2D eigenvalue weighted by molar-refractivity contribution is 0.0748. The zero-order chi connectivity index (χ0) is 28.8. The number of nitrogens with zero attached hydrogens (tertiary/aromatic N) is 3. The van der Waals surface area contributed by atoms with Crippen molar-refractivity contribution in [3.8, 4) is 0 Å². The molecule has 0 radical (unpaired) electrons. The van der Waals surface area contributed by atoms with Crippen LogP contribution in [0.25, 0.3) is 11.0 Å².